The van der Waals surface area contributed by atoms with Crippen molar-refractivity contribution in [2.45, 2.75) is 20.4 Å². The summed E-state index contributed by atoms with van der Waals surface area (Å²) in [5.41, 5.74) is 1.67. The van der Waals surface area contributed by atoms with E-state index in [-0.39, 0.29) is 18.1 Å². The molecule has 0 aliphatic heterocycles. The topological polar surface area (TPSA) is 61.4 Å². The average molecular weight is 378 g/mol. The minimum atomic E-state index is -0.553. The Labute approximate surface area is 157 Å². The Morgan fingerprint density at radius 3 is 2.58 bits per heavy atom. The first-order chi connectivity index (χ1) is 12.4. The number of rotatable bonds is 7. The minimum absolute atomic E-state index is 0.0172. The molecule has 0 unspecified atom stereocenters. The van der Waals surface area contributed by atoms with E-state index in [9.17, 15) is 14.0 Å². The van der Waals surface area contributed by atoms with Gasteiger partial charge in [0, 0.05) is 30.7 Å². The van der Waals surface area contributed by atoms with E-state index in [2.05, 4.69) is 10.6 Å². The van der Waals surface area contributed by atoms with Crippen LogP contribution in [0.5, 0.6) is 0 Å². The second-order valence-electron chi connectivity index (χ2n) is 5.72. The minimum Gasteiger partial charge on any atom is -0.376 e. The van der Waals surface area contributed by atoms with Gasteiger partial charge in [0.15, 0.2) is 0 Å². The second-order valence-corrected chi connectivity index (χ2v) is 6.15. The Kier molecular flexibility index (Phi) is 6.97. The number of carbonyl (C=O) groups is 2. The van der Waals surface area contributed by atoms with E-state index < -0.39 is 11.7 Å². The third-order valence-electron chi connectivity index (χ3n) is 3.85. The largest absolute Gasteiger partial charge is 0.376 e. The quantitative estimate of drug-likeness (QED) is 0.769. The van der Waals surface area contributed by atoms with E-state index in [0.29, 0.717) is 18.1 Å². The van der Waals surface area contributed by atoms with E-state index in [4.69, 9.17) is 11.6 Å². The summed E-state index contributed by atoms with van der Waals surface area (Å²) in [6, 6.07) is 11.4. The number of anilines is 2. The van der Waals surface area contributed by atoms with E-state index in [0.717, 1.165) is 11.3 Å². The number of halogens is 2. The van der Waals surface area contributed by atoms with Crippen molar-refractivity contribution in [2.24, 2.45) is 0 Å². The smallest absolute Gasteiger partial charge is 0.243 e. The van der Waals surface area contributed by atoms with E-state index >= 15 is 0 Å². The first-order valence-corrected chi connectivity index (χ1v) is 8.60. The molecule has 0 aliphatic rings. The highest BCUT2D eigenvalue weighted by Crippen LogP contribution is 2.20. The first-order valence-electron chi connectivity index (χ1n) is 8.23. The number of amides is 2. The molecular formula is C19H21ClFN3O2. The maximum Gasteiger partial charge on any atom is 0.243 e. The Morgan fingerprint density at radius 2 is 1.88 bits per heavy atom. The molecule has 0 atom stereocenters. The molecule has 0 spiro atoms. The summed E-state index contributed by atoms with van der Waals surface area (Å²) in [5.74, 6) is -0.973. The lowest BCUT2D eigenvalue weighted by atomic mass is 10.1. The second kappa shape index (κ2) is 9.20. The van der Waals surface area contributed by atoms with Gasteiger partial charge in [0.25, 0.3) is 0 Å². The number of hydrogen-bond acceptors (Lipinski definition) is 3. The SMILES string of the molecule is CCN(Cc1ccccc1NCC(=O)Nc1cc(Cl)ccc1F)C(C)=O. The molecule has 7 heteroatoms. The number of para-hydroxylation sites is 1. The van der Waals surface area contributed by atoms with Crippen LogP contribution in [0, 0.1) is 5.82 Å². The van der Waals surface area contributed by atoms with Gasteiger partial charge in [-0.15, -0.1) is 0 Å². The third kappa shape index (κ3) is 5.46. The monoisotopic (exact) mass is 377 g/mol. The van der Waals surface area contributed by atoms with Crippen molar-refractivity contribution >= 4 is 34.8 Å². The van der Waals surface area contributed by atoms with Gasteiger partial charge < -0.3 is 15.5 Å². The first kappa shape index (κ1) is 19.7. The molecule has 0 fully saturated rings. The molecule has 0 aromatic heterocycles. The summed E-state index contributed by atoms with van der Waals surface area (Å²) in [6.07, 6.45) is 0. The predicted molar refractivity (Wildman–Crippen MR) is 102 cm³/mol. The Bertz CT molecular complexity index is 798. The van der Waals surface area contributed by atoms with Crippen molar-refractivity contribution in [3.8, 4) is 0 Å². The van der Waals surface area contributed by atoms with Gasteiger partial charge in [-0.05, 0) is 36.8 Å². The van der Waals surface area contributed by atoms with Gasteiger partial charge in [-0.2, -0.15) is 0 Å². The molecule has 5 nitrogen and oxygen atoms in total. The number of nitrogens with one attached hydrogen (secondary N) is 2. The molecule has 2 rings (SSSR count). The normalized spacial score (nSPS) is 10.3. The highest BCUT2D eigenvalue weighted by atomic mass is 35.5. The summed E-state index contributed by atoms with van der Waals surface area (Å²) >= 11 is 5.82. The lowest BCUT2D eigenvalue weighted by Gasteiger charge is -2.21. The van der Waals surface area contributed by atoms with Gasteiger partial charge in [0.05, 0.1) is 12.2 Å². The highest BCUT2D eigenvalue weighted by molar-refractivity contribution is 6.30. The summed E-state index contributed by atoms with van der Waals surface area (Å²) in [4.78, 5) is 25.4. The zero-order valence-corrected chi connectivity index (χ0v) is 15.4. The Hall–Kier alpha value is -2.60. The molecule has 0 bridgehead atoms. The molecule has 0 heterocycles. The van der Waals surface area contributed by atoms with E-state index in [1.807, 2.05) is 31.2 Å². The number of hydrogen-bond donors (Lipinski definition) is 2. The maximum absolute atomic E-state index is 13.7. The number of benzene rings is 2. The zero-order chi connectivity index (χ0) is 19.1. The van der Waals surface area contributed by atoms with E-state index in [1.54, 1.807) is 4.90 Å². The number of nitrogens with zero attached hydrogens (tertiary/aromatic N) is 1. The molecule has 138 valence electrons. The van der Waals surface area contributed by atoms with Crippen LogP contribution in [0.2, 0.25) is 5.02 Å². The molecular weight excluding hydrogens is 357 g/mol. The van der Waals surface area contributed by atoms with Crippen LogP contribution in [0.3, 0.4) is 0 Å². The molecule has 26 heavy (non-hydrogen) atoms. The maximum atomic E-state index is 13.7. The predicted octanol–water partition coefficient (Wildman–Crippen LogP) is 3.90. The van der Waals surface area contributed by atoms with Crippen LogP contribution in [-0.2, 0) is 16.1 Å². The van der Waals surface area contributed by atoms with Crippen molar-refractivity contribution in [3.63, 3.8) is 0 Å². The fraction of sp³-hybridized carbons (Fsp3) is 0.263. The van der Waals surface area contributed by atoms with Gasteiger partial charge in [-0.1, -0.05) is 29.8 Å². The van der Waals surface area contributed by atoms with Crippen LogP contribution < -0.4 is 10.6 Å². The van der Waals surface area contributed by atoms with Crippen molar-refractivity contribution in [1.29, 1.82) is 0 Å². The van der Waals surface area contributed by atoms with Crippen molar-refractivity contribution in [2.75, 3.05) is 23.7 Å². The molecule has 2 aromatic rings. The van der Waals surface area contributed by atoms with Gasteiger partial charge in [0.2, 0.25) is 11.8 Å². The summed E-state index contributed by atoms with van der Waals surface area (Å²) in [6.45, 7) is 4.42. The molecule has 0 saturated carbocycles. The molecule has 2 amide bonds. The van der Waals surface area contributed by atoms with Crippen LogP contribution in [0.25, 0.3) is 0 Å². The fourth-order valence-electron chi connectivity index (χ4n) is 2.45. The highest BCUT2D eigenvalue weighted by Gasteiger charge is 2.12. The zero-order valence-electron chi connectivity index (χ0n) is 14.7. The molecule has 0 saturated heterocycles. The standard InChI is InChI=1S/C19H21ClFN3O2/c1-3-24(13(2)25)12-14-6-4-5-7-17(14)22-11-19(26)23-18-10-15(20)8-9-16(18)21/h4-10,22H,3,11-12H2,1-2H3,(H,23,26). The summed E-state index contributed by atoms with van der Waals surface area (Å²) in [7, 11) is 0. The van der Waals surface area contributed by atoms with Crippen LogP contribution in [-0.4, -0.2) is 29.8 Å². The molecule has 2 N–H and O–H groups in total. The van der Waals surface area contributed by atoms with Crippen LogP contribution >= 0.6 is 11.6 Å². The van der Waals surface area contributed by atoms with Crippen LogP contribution in [0.15, 0.2) is 42.5 Å². The summed E-state index contributed by atoms with van der Waals surface area (Å²) < 4.78 is 13.7. The van der Waals surface area contributed by atoms with Crippen LogP contribution in [0.4, 0.5) is 15.8 Å². The third-order valence-corrected chi connectivity index (χ3v) is 4.08. The number of carbonyl (C=O) groups excluding carboxylic acids is 2. The van der Waals surface area contributed by atoms with Gasteiger partial charge in [-0.3, -0.25) is 9.59 Å². The van der Waals surface area contributed by atoms with Crippen molar-refractivity contribution < 1.29 is 14.0 Å². The van der Waals surface area contributed by atoms with Crippen LogP contribution in [0.1, 0.15) is 19.4 Å². The van der Waals surface area contributed by atoms with E-state index in [1.165, 1.54) is 25.1 Å². The lowest BCUT2D eigenvalue weighted by Crippen LogP contribution is -2.28. The molecule has 0 aliphatic carbocycles. The molecule has 0 radical (unpaired) electrons. The Morgan fingerprint density at radius 1 is 1.15 bits per heavy atom. The van der Waals surface area contributed by atoms with Crippen molar-refractivity contribution in [3.05, 3.63) is 58.9 Å². The van der Waals surface area contributed by atoms with Crippen molar-refractivity contribution in [1.82, 2.24) is 4.90 Å². The fourth-order valence-corrected chi connectivity index (χ4v) is 2.62. The average Bonchev–Trinajstić information content (AvgIpc) is 2.61. The molecule has 2 aromatic carbocycles. The lowest BCUT2D eigenvalue weighted by molar-refractivity contribution is -0.129. The van der Waals surface area contributed by atoms with Gasteiger partial charge in [0.1, 0.15) is 5.82 Å². The Balaban J connectivity index is 2.02. The van der Waals surface area contributed by atoms with Gasteiger partial charge in [-0.25, -0.2) is 4.39 Å². The van der Waals surface area contributed by atoms with Gasteiger partial charge >= 0.3 is 0 Å². The summed E-state index contributed by atoms with van der Waals surface area (Å²) in [5, 5.41) is 5.85.